The van der Waals surface area contributed by atoms with Gasteiger partial charge in [-0.25, -0.2) is 0 Å². The Labute approximate surface area is 137 Å². The minimum atomic E-state index is 0.0493. The largest absolute Gasteiger partial charge is 0.497 e. The summed E-state index contributed by atoms with van der Waals surface area (Å²) in [6.45, 7) is 5.09. The molecule has 2 aromatic rings. The third-order valence-corrected chi connectivity index (χ3v) is 4.62. The van der Waals surface area contributed by atoms with Crippen molar-refractivity contribution in [1.29, 1.82) is 0 Å². The van der Waals surface area contributed by atoms with Crippen LogP contribution in [0.5, 0.6) is 5.75 Å². The summed E-state index contributed by atoms with van der Waals surface area (Å²) in [5.41, 5.74) is 4.09. The summed E-state index contributed by atoms with van der Waals surface area (Å²) in [4.78, 5) is 14.5. The molecule has 0 N–H and O–H groups in total. The Bertz CT molecular complexity index is 706. The Hall–Kier alpha value is -2.29. The lowest BCUT2D eigenvalue weighted by Crippen LogP contribution is -2.22. The minimum absolute atomic E-state index is 0.0493. The van der Waals surface area contributed by atoms with Crippen LogP contribution in [0.15, 0.2) is 42.5 Å². The molecule has 3 rings (SSSR count). The van der Waals surface area contributed by atoms with Crippen molar-refractivity contribution < 1.29 is 9.53 Å². The number of benzene rings is 2. The molecule has 1 unspecified atom stereocenters. The minimum Gasteiger partial charge on any atom is -0.497 e. The van der Waals surface area contributed by atoms with Gasteiger partial charge in [-0.15, -0.1) is 0 Å². The van der Waals surface area contributed by atoms with Crippen LogP contribution < -0.4 is 9.64 Å². The van der Waals surface area contributed by atoms with Gasteiger partial charge in [0.1, 0.15) is 5.75 Å². The van der Waals surface area contributed by atoms with Crippen molar-refractivity contribution in [1.82, 2.24) is 0 Å². The van der Waals surface area contributed by atoms with E-state index < -0.39 is 0 Å². The fourth-order valence-corrected chi connectivity index (χ4v) is 3.20. The average molecular weight is 309 g/mol. The molecule has 0 aliphatic carbocycles. The molecule has 1 amide bonds. The van der Waals surface area contributed by atoms with Crippen LogP contribution in [0.3, 0.4) is 0 Å². The van der Waals surface area contributed by atoms with Crippen LogP contribution in [0.25, 0.3) is 0 Å². The molecule has 0 saturated carbocycles. The fourth-order valence-electron chi connectivity index (χ4n) is 3.20. The van der Waals surface area contributed by atoms with Crippen molar-refractivity contribution >= 4 is 11.6 Å². The number of anilines is 1. The maximum Gasteiger partial charge on any atom is 0.259 e. The van der Waals surface area contributed by atoms with Gasteiger partial charge in [-0.2, -0.15) is 0 Å². The van der Waals surface area contributed by atoms with E-state index in [1.165, 1.54) is 18.4 Å². The summed E-state index contributed by atoms with van der Waals surface area (Å²) in [5.74, 6) is 1.33. The highest BCUT2D eigenvalue weighted by atomic mass is 16.5. The van der Waals surface area contributed by atoms with Crippen LogP contribution in [-0.4, -0.2) is 13.0 Å². The first kappa shape index (κ1) is 15.6. The quantitative estimate of drug-likeness (QED) is 0.797. The van der Waals surface area contributed by atoms with E-state index >= 15 is 0 Å². The van der Waals surface area contributed by atoms with Crippen LogP contribution in [0, 0.1) is 0 Å². The van der Waals surface area contributed by atoms with Crippen LogP contribution in [0.2, 0.25) is 0 Å². The Kier molecular flexibility index (Phi) is 4.37. The molecule has 0 spiro atoms. The molecule has 1 atom stereocenters. The van der Waals surface area contributed by atoms with Gasteiger partial charge in [0, 0.05) is 11.3 Å². The Morgan fingerprint density at radius 1 is 1.17 bits per heavy atom. The van der Waals surface area contributed by atoms with Gasteiger partial charge >= 0.3 is 0 Å². The number of hydrogen-bond donors (Lipinski definition) is 0. The lowest BCUT2D eigenvalue weighted by Gasteiger charge is -2.17. The molecule has 0 bridgehead atoms. The molecule has 3 nitrogen and oxygen atoms in total. The third-order valence-electron chi connectivity index (χ3n) is 4.62. The summed E-state index contributed by atoms with van der Waals surface area (Å²) >= 11 is 0. The van der Waals surface area contributed by atoms with Crippen molar-refractivity contribution in [2.45, 2.75) is 39.2 Å². The molecule has 3 heteroatoms. The molecule has 23 heavy (non-hydrogen) atoms. The number of nitrogens with zero attached hydrogens (tertiary/aromatic N) is 1. The van der Waals surface area contributed by atoms with Gasteiger partial charge in [-0.1, -0.05) is 38.5 Å². The van der Waals surface area contributed by atoms with Crippen molar-refractivity contribution in [2.75, 3.05) is 12.0 Å². The third kappa shape index (κ3) is 2.96. The monoisotopic (exact) mass is 309 g/mol. The summed E-state index contributed by atoms with van der Waals surface area (Å²) in [7, 11) is 1.62. The number of carbonyl (C=O) groups excluding carboxylic acids is 1. The normalized spacial score (nSPS) is 14.7. The van der Waals surface area contributed by atoms with Gasteiger partial charge < -0.3 is 9.64 Å². The lowest BCUT2D eigenvalue weighted by atomic mass is 9.96. The number of rotatable bonds is 5. The second kappa shape index (κ2) is 6.45. The zero-order chi connectivity index (χ0) is 16.4. The van der Waals surface area contributed by atoms with Gasteiger partial charge in [-0.3, -0.25) is 4.79 Å². The van der Waals surface area contributed by atoms with E-state index in [1.54, 1.807) is 7.11 Å². The Balaban J connectivity index is 1.82. The Morgan fingerprint density at radius 2 is 1.91 bits per heavy atom. The van der Waals surface area contributed by atoms with Crippen molar-refractivity contribution in [2.24, 2.45) is 0 Å². The fraction of sp³-hybridized carbons (Fsp3) is 0.350. The topological polar surface area (TPSA) is 29.5 Å². The number of amides is 1. The number of ether oxygens (including phenoxy) is 1. The van der Waals surface area contributed by atoms with E-state index in [0.29, 0.717) is 12.5 Å². The van der Waals surface area contributed by atoms with Crippen LogP contribution in [0.4, 0.5) is 5.69 Å². The first-order chi connectivity index (χ1) is 11.1. The summed E-state index contributed by atoms with van der Waals surface area (Å²) < 4.78 is 5.22. The lowest BCUT2D eigenvalue weighted by molar-refractivity contribution is 0.0996. The van der Waals surface area contributed by atoms with Gasteiger partial charge in [0.05, 0.1) is 13.7 Å². The van der Waals surface area contributed by atoms with Gasteiger partial charge in [0.25, 0.3) is 5.91 Å². The van der Waals surface area contributed by atoms with E-state index in [0.717, 1.165) is 22.6 Å². The number of methoxy groups -OCH3 is 1. The smallest absolute Gasteiger partial charge is 0.259 e. The molecule has 1 heterocycles. The second-order valence-corrected chi connectivity index (χ2v) is 6.20. The molecule has 2 aromatic carbocycles. The zero-order valence-corrected chi connectivity index (χ0v) is 14.0. The first-order valence-electron chi connectivity index (χ1n) is 8.22. The van der Waals surface area contributed by atoms with Crippen molar-refractivity contribution in [3.8, 4) is 5.75 Å². The van der Waals surface area contributed by atoms with E-state index in [-0.39, 0.29) is 5.91 Å². The van der Waals surface area contributed by atoms with E-state index in [2.05, 4.69) is 38.1 Å². The molecule has 0 radical (unpaired) electrons. The number of carbonyl (C=O) groups is 1. The predicted molar refractivity (Wildman–Crippen MR) is 93.3 cm³/mol. The molecule has 1 aliphatic heterocycles. The molecule has 120 valence electrons. The van der Waals surface area contributed by atoms with Crippen LogP contribution in [0.1, 0.15) is 54.1 Å². The highest BCUT2D eigenvalue weighted by molar-refractivity contribution is 6.10. The SMILES string of the molecule is CCCC(C)c1ccc(N2Cc3ccc(OC)cc3C2=O)cc1. The zero-order valence-electron chi connectivity index (χ0n) is 14.0. The molecule has 0 fully saturated rings. The standard InChI is InChI=1S/C20H23NO2/c1-4-5-14(2)15-6-9-17(10-7-15)21-13-16-8-11-18(23-3)12-19(16)20(21)22/h6-12,14H,4-5,13H2,1-3H3. The van der Waals surface area contributed by atoms with Crippen LogP contribution in [-0.2, 0) is 6.54 Å². The van der Waals surface area contributed by atoms with Gasteiger partial charge in [0.2, 0.25) is 0 Å². The molecular weight excluding hydrogens is 286 g/mol. The summed E-state index contributed by atoms with van der Waals surface area (Å²) in [6.07, 6.45) is 2.37. The molecule has 0 saturated heterocycles. The summed E-state index contributed by atoms with van der Waals surface area (Å²) in [6, 6.07) is 14.1. The van der Waals surface area contributed by atoms with E-state index in [1.807, 2.05) is 23.1 Å². The second-order valence-electron chi connectivity index (χ2n) is 6.20. The predicted octanol–water partition coefficient (Wildman–Crippen LogP) is 4.76. The van der Waals surface area contributed by atoms with Crippen LogP contribution >= 0.6 is 0 Å². The van der Waals surface area contributed by atoms with E-state index in [9.17, 15) is 4.79 Å². The highest BCUT2D eigenvalue weighted by Gasteiger charge is 2.28. The van der Waals surface area contributed by atoms with Gasteiger partial charge in [0.15, 0.2) is 0 Å². The molecule has 0 aromatic heterocycles. The number of hydrogen-bond acceptors (Lipinski definition) is 2. The molecular formula is C20H23NO2. The van der Waals surface area contributed by atoms with Crippen molar-refractivity contribution in [3.05, 3.63) is 59.2 Å². The van der Waals surface area contributed by atoms with E-state index in [4.69, 9.17) is 4.74 Å². The maximum atomic E-state index is 12.7. The van der Waals surface area contributed by atoms with Crippen molar-refractivity contribution in [3.63, 3.8) is 0 Å². The summed E-state index contributed by atoms with van der Waals surface area (Å²) in [5, 5.41) is 0. The maximum absolute atomic E-state index is 12.7. The highest BCUT2D eigenvalue weighted by Crippen LogP contribution is 2.31. The van der Waals surface area contributed by atoms with Gasteiger partial charge in [-0.05, 0) is 47.7 Å². The average Bonchev–Trinajstić information content (AvgIpc) is 2.91. The first-order valence-corrected chi connectivity index (χ1v) is 8.22. The Morgan fingerprint density at radius 3 is 2.57 bits per heavy atom. The number of fused-ring (bicyclic) bond motifs is 1. The molecule has 1 aliphatic rings.